The number of aliphatic hydroxyl groups excluding tert-OH is 1. The van der Waals surface area contributed by atoms with Crippen molar-refractivity contribution in [3.8, 4) is 27.2 Å². The van der Waals surface area contributed by atoms with Crippen molar-refractivity contribution in [2.24, 2.45) is 22.7 Å². The Balaban J connectivity index is 0.000000180. The van der Waals surface area contributed by atoms with Crippen molar-refractivity contribution in [2.75, 3.05) is 13.1 Å². The molecule has 126 heavy (non-hydrogen) atoms. The van der Waals surface area contributed by atoms with Crippen molar-refractivity contribution in [2.45, 2.75) is 351 Å². The summed E-state index contributed by atoms with van der Waals surface area (Å²) in [5, 5.41) is 22.8. The predicted molar refractivity (Wildman–Crippen MR) is 488 cm³/mol. The third-order valence-corrected chi connectivity index (χ3v) is 33.2. The van der Waals surface area contributed by atoms with Crippen molar-refractivity contribution in [1.82, 2.24) is 58.9 Å². The van der Waals surface area contributed by atoms with Gasteiger partial charge in [0.1, 0.15) is 50.4 Å². The smallest absolute Gasteiger partial charge is 0.408 e. The maximum absolute atomic E-state index is 14.8. The topological polar surface area (TPSA) is 369 Å². The first-order chi connectivity index (χ1) is 59.1. The highest BCUT2D eigenvalue weighted by atomic mass is 35.5. The molecule has 10 atom stereocenters. The Kier molecular flexibility index (Phi) is 28.9. The van der Waals surface area contributed by atoms with Crippen molar-refractivity contribution >= 4 is 124 Å². The Morgan fingerprint density at radius 3 is 1.40 bits per heavy atom. The lowest BCUT2D eigenvalue weighted by atomic mass is 9.91. The van der Waals surface area contributed by atoms with Crippen molar-refractivity contribution in [3.63, 3.8) is 0 Å². The fourth-order valence-electron chi connectivity index (χ4n) is 18.8. The number of Topliss-reactive ketones (excluding diaryl/α,β-unsaturated/α-hetero) is 2. The third-order valence-electron chi connectivity index (χ3n) is 26.8. The number of imidazole rings is 2. The Bertz CT molecular complexity index is 5350. The zero-order valence-corrected chi connectivity index (χ0v) is 78.3. The predicted octanol–water partition coefficient (Wildman–Crippen LogP) is 17.1. The van der Waals surface area contributed by atoms with Gasteiger partial charge in [0.05, 0.1) is 67.5 Å². The summed E-state index contributed by atoms with van der Waals surface area (Å²) in [6, 6.07) is 8.99. The number of hydrogen-bond donors (Lipinski definition) is 5. The molecule has 16 rings (SSSR count). The Morgan fingerprint density at radius 2 is 0.968 bits per heavy atom. The van der Waals surface area contributed by atoms with Gasteiger partial charge in [0.2, 0.25) is 49.0 Å². The van der Waals surface area contributed by atoms with E-state index in [1.807, 2.05) is 47.1 Å². The molecule has 8 heterocycles. The van der Waals surface area contributed by atoms with E-state index < -0.39 is 130 Å². The van der Waals surface area contributed by atoms with Gasteiger partial charge in [0, 0.05) is 78.0 Å². The molecule has 4 aromatic heterocycles. The summed E-state index contributed by atoms with van der Waals surface area (Å²) in [5.41, 5.74) is 4.01. The van der Waals surface area contributed by atoms with Crippen molar-refractivity contribution in [3.05, 3.63) is 88.1 Å². The van der Waals surface area contributed by atoms with Crippen LogP contribution >= 0.6 is 34.3 Å². The first-order valence-electron chi connectivity index (χ1n) is 45.2. The number of sulfonamides is 2. The second-order valence-electron chi connectivity index (χ2n) is 39.6. The summed E-state index contributed by atoms with van der Waals surface area (Å²) in [6.45, 7) is 21.9. The number of fused-ring (bicyclic) bond motifs is 6. The number of benzene rings is 2. The number of amides is 6. The number of aromatic nitrogens is 6. The molecule has 0 spiro atoms. The fraction of sp³-hybridized carbons (Fsp3) is 0.656. The molecule has 0 radical (unpaired) electrons. The minimum atomic E-state index is -3.96. The number of hydrogen-bond acceptors (Lipinski definition) is 22. The molecule has 6 amide bonds. The van der Waals surface area contributed by atoms with Gasteiger partial charge in [-0.05, 0) is 234 Å². The van der Waals surface area contributed by atoms with E-state index in [9.17, 15) is 60.3 Å². The van der Waals surface area contributed by atoms with Crippen LogP contribution in [-0.2, 0) is 58.3 Å². The van der Waals surface area contributed by atoms with Crippen molar-refractivity contribution in [1.29, 1.82) is 0 Å². The monoisotopic (exact) mass is 1830 g/mol. The van der Waals surface area contributed by atoms with E-state index in [1.54, 1.807) is 78.1 Å². The number of ether oxygens (including phenoxy) is 3. The molecule has 8 fully saturated rings. The average molecular weight is 1830 g/mol. The second kappa shape index (κ2) is 38.1. The molecule has 4 aliphatic heterocycles. The first kappa shape index (κ1) is 95.4. The van der Waals surface area contributed by atoms with E-state index in [2.05, 4.69) is 86.3 Å². The number of nitrogens with one attached hydrogen (secondary N) is 4. The van der Waals surface area contributed by atoms with Gasteiger partial charge in [-0.2, -0.15) is 4.98 Å². The number of thiazole rings is 2. The van der Waals surface area contributed by atoms with E-state index in [-0.39, 0.29) is 75.9 Å². The van der Waals surface area contributed by atoms with Gasteiger partial charge >= 0.3 is 12.2 Å². The maximum atomic E-state index is 14.8. The van der Waals surface area contributed by atoms with Gasteiger partial charge in [0.15, 0.2) is 11.6 Å². The summed E-state index contributed by atoms with van der Waals surface area (Å²) in [6.07, 6.45) is 23.5. The van der Waals surface area contributed by atoms with E-state index in [0.717, 1.165) is 100 Å². The molecule has 10 aliphatic rings. The van der Waals surface area contributed by atoms with Crippen LogP contribution in [0.25, 0.3) is 43.2 Å². The quantitative estimate of drug-likeness (QED) is 0.0562. The number of nitrogens with zero attached hydrogens (tertiary/aromatic N) is 8. The molecular weight excluding hydrogens is 1700 g/mol. The highest BCUT2D eigenvalue weighted by molar-refractivity contribution is 7.92. The number of carbonyl (C=O) groups is 8. The molecule has 2 saturated heterocycles. The van der Waals surface area contributed by atoms with Gasteiger partial charge in [-0.15, -0.1) is 22.7 Å². The van der Waals surface area contributed by atoms with E-state index in [1.165, 1.54) is 54.0 Å². The lowest BCUT2D eigenvalue weighted by Gasteiger charge is -2.30. The Morgan fingerprint density at radius 1 is 0.556 bits per heavy atom. The molecule has 6 aromatic rings. The van der Waals surface area contributed by atoms with Crippen LogP contribution in [0.1, 0.15) is 306 Å². The van der Waals surface area contributed by atoms with Crippen LogP contribution in [0.3, 0.4) is 0 Å². The number of aliphatic hydroxyl groups is 1. The zero-order valence-electron chi connectivity index (χ0n) is 74.2. The molecule has 6 saturated carbocycles. The number of rotatable bonds is 16. The molecule has 688 valence electrons. The van der Waals surface area contributed by atoms with Crippen LogP contribution in [0, 0.1) is 22.7 Å². The number of alkyl carbamates (subject to hydrolysis) is 2. The normalized spacial score (nSPS) is 27.1. The fourth-order valence-corrected chi connectivity index (χ4v) is 23.7. The van der Waals surface area contributed by atoms with Gasteiger partial charge in [-0.1, -0.05) is 95.2 Å². The Labute approximate surface area is 754 Å². The van der Waals surface area contributed by atoms with E-state index >= 15 is 0 Å². The summed E-state index contributed by atoms with van der Waals surface area (Å²) >= 11 is 9.71. The van der Waals surface area contributed by atoms with Crippen LogP contribution in [0.4, 0.5) is 9.59 Å². The van der Waals surface area contributed by atoms with Crippen LogP contribution < -0.4 is 24.8 Å². The lowest BCUT2D eigenvalue weighted by molar-refractivity contribution is -0.140. The zero-order chi connectivity index (χ0) is 89.7. The van der Waals surface area contributed by atoms with Gasteiger partial charge in [-0.25, -0.2) is 41.4 Å². The van der Waals surface area contributed by atoms with Crippen molar-refractivity contribution < 1.29 is 74.5 Å². The summed E-state index contributed by atoms with van der Waals surface area (Å²) in [4.78, 5) is 133. The van der Waals surface area contributed by atoms with Crippen LogP contribution in [0.2, 0.25) is 5.28 Å². The number of para-hydroxylation sites is 2. The van der Waals surface area contributed by atoms with E-state index in [0.29, 0.717) is 87.3 Å². The molecule has 28 nitrogen and oxygen atoms in total. The van der Waals surface area contributed by atoms with Crippen LogP contribution in [0.15, 0.2) is 71.5 Å². The minimum Gasteiger partial charge on any atom is -0.459 e. The summed E-state index contributed by atoms with van der Waals surface area (Å²) in [7, 11) is -7.85. The second-order valence-corrected chi connectivity index (χ2v) is 46.0. The number of ketones is 2. The minimum absolute atomic E-state index is 0. The SMILES string of the molecule is C.CC(C)(C)OC(=O)N[C@H]1CCCCC/C=C\[C@@H]2C[C@@]2(C(=O)NS(=O)(=O)C2(C)CC2)CC(=O)[C@@H]2C[C@@H](O)CN2C1=O.CC(C)n1c(Cl)nc2c(-c3nc(C4CCCC4)cs3)cccc21.CC(C)n1c(O[C@@H]2C[C@H]3C(=O)C[C@]4(C(=O)NS(=O)(=O)C5(C)CC5)C[C@H]4/C=C\CCCCC[C@H](NC(=O)OC(C)(C)C)C(=O)N3C2)nc2c(-c3nc(C4CCCC4)cs3)cccc21. The Hall–Kier alpha value is -8.17. The standard InChI is InChI=1S/C46H62N6O8S2.C28H43N3O8S.C18H20ClN3S.CH4/c1-28(2)52-35-20-14-18-32(39-47-34(27-61-39)29-15-12-13-16-29)38(35)49-42(52)59-31-23-36-37(53)25-46(41(55)50-62(57,58)45(6)21-22-45)24-30(46)17-10-8-7-9-11-19-33(40(54)51(36)26-31)48-43(56)60-44(3,4)5;1-26(2,3)39-25(36)29-20-11-9-7-5-6-8-10-18-15-28(18,24(35)30-40(37,38)27(4)12-13-27)16-22(33)21-14-19(32)17-31(21)23(20)34;1-11(2)22-15-9-5-8-13(16(15)21-18(22)19)17-20-14(10-23-17)12-6-3-4-7-12;/h10,14,17-18,20,27-31,33,36H,7-9,11-13,15-16,19,21-26H2,1-6H3,(H,48,56)(H,50,55);8,10,18-21,32H,5-7,9,11-17H2,1-4H3,(H,29,36)(H,30,35);5,8-12H,3-4,6-7H2,1-2H3;1H4/b17-10-;10-8-;;/t30-,31-,33+,36+,46-;18-,19-,20+,21+,28-;;/m11../s1. The highest BCUT2D eigenvalue weighted by Gasteiger charge is 2.65. The number of carbonyl (C=O) groups excluding carboxylic acids is 8. The largest absolute Gasteiger partial charge is 0.459 e. The van der Waals surface area contributed by atoms with Gasteiger partial charge < -0.3 is 44.3 Å². The highest BCUT2D eigenvalue weighted by Crippen LogP contribution is 2.59. The molecule has 0 unspecified atom stereocenters. The molecule has 5 N–H and O–H groups in total. The molecular formula is C93H129ClN12O16S4. The van der Waals surface area contributed by atoms with Crippen LogP contribution in [-0.4, -0.2) is 178 Å². The molecule has 2 aromatic carbocycles. The van der Waals surface area contributed by atoms with Gasteiger partial charge in [-0.3, -0.25) is 42.8 Å². The molecule has 6 aliphatic carbocycles. The van der Waals surface area contributed by atoms with E-state index in [4.69, 9.17) is 40.8 Å². The van der Waals surface area contributed by atoms with Gasteiger partial charge in [0.25, 0.3) is 6.01 Å². The first-order valence-corrected chi connectivity index (χ1v) is 50.3. The lowest BCUT2D eigenvalue weighted by Crippen LogP contribution is -2.53. The summed E-state index contributed by atoms with van der Waals surface area (Å²) in [5.74, 6) is -2.54. The summed E-state index contributed by atoms with van der Waals surface area (Å²) < 4.78 is 76.7. The number of allylic oxidation sites excluding steroid dienone is 4. The maximum Gasteiger partial charge on any atom is 0.408 e. The molecule has 0 bridgehead atoms. The third kappa shape index (κ3) is 21.3. The number of halogens is 1. The average Bonchev–Trinajstić information content (AvgIpc) is 1.57. The van der Waals surface area contributed by atoms with Crippen LogP contribution in [0.5, 0.6) is 6.01 Å². The molecule has 33 heteroatoms.